The zero-order valence-electron chi connectivity index (χ0n) is 8.34. The van der Waals surface area contributed by atoms with Gasteiger partial charge >= 0.3 is 0 Å². The number of aliphatic hydroxyl groups is 2. The molecule has 12 heavy (non-hydrogen) atoms. The largest absolute Gasteiger partial charge is 0.396 e. The summed E-state index contributed by atoms with van der Waals surface area (Å²) in [4.78, 5) is 0. The van der Waals surface area contributed by atoms with Gasteiger partial charge in [0.15, 0.2) is 0 Å². The normalized spacial score (nSPS) is 16.0. The van der Waals surface area contributed by atoms with Gasteiger partial charge in [-0.05, 0) is 19.3 Å². The highest BCUT2D eigenvalue weighted by atomic mass is 16.3. The first-order chi connectivity index (χ1) is 5.68. The van der Waals surface area contributed by atoms with Crippen LogP contribution in [-0.2, 0) is 0 Å². The van der Waals surface area contributed by atoms with Crippen molar-refractivity contribution in [1.29, 1.82) is 0 Å². The maximum Gasteiger partial charge on any atom is 0.0669 e. The summed E-state index contributed by atoms with van der Waals surface area (Å²) >= 11 is 0. The van der Waals surface area contributed by atoms with Crippen molar-refractivity contribution >= 4 is 0 Å². The minimum absolute atomic E-state index is 0.0974. The third-order valence-electron chi connectivity index (χ3n) is 2.29. The summed E-state index contributed by atoms with van der Waals surface area (Å²) < 4.78 is 0. The highest BCUT2D eigenvalue weighted by molar-refractivity contribution is 4.77. The molecule has 0 radical (unpaired) electrons. The Labute approximate surface area is 75.6 Å². The first kappa shape index (κ1) is 11.9. The van der Waals surface area contributed by atoms with Crippen LogP contribution in [0.4, 0.5) is 0 Å². The summed E-state index contributed by atoms with van der Waals surface area (Å²) in [7, 11) is 0. The monoisotopic (exact) mass is 174 g/mol. The molecule has 1 unspecified atom stereocenters. The molecular weight excluding hydrogens is 152 g/mol. The van der Waals surface area contributed by atoms with Crippen molar-refractivity contribution in [3.8, 4) is 0 Å². The topological polar surface area (TPSA) is 40.5 Å². The lowest BCUT2D eigenvalue weighted by molar-refractivity contribution is -0.00216. The fraction of sp³-hybridized carbons (Fsp3) is 1.00. The molecule has 2 N–H and O–H groups in total. The molecule has 0 fully saturated rings. The van der Waals surface area contributed by atoms with Crippen LogP contribution in [0.5, 0.6) is 0 Å². The maximum absolute atomic E-state index is 9.98. The lowest BCUT2D eigenvalue weighted by atomic mass is 9.89. The predicted molar refractivity (Wildman–Crippen MR) is 51.1 cm³/mol. The van der Waals surface area contributed by atoms with Gasteiger partial charge in [-0.25, -0.2) is 0 Å². The highest BCUT2D eigenvalue weighted by Crippen LogP contribution is 2.23. The molecule has 0 spiro atoms. The van der Waals surface area contributed by atoms with Crippen LogP contribution in [0.3, 0.4) is 0 Å². The van der Waals surface area contributed by atoms with Crippen molar-refractivity contribution in [3.63, 3.8) is 0 Å². The van der Waals surface area contributed by atoms with Gasteiger partial charge in [0.2, 0.25) is 0 Å². The van der Waals surface area contributed by atoms with E-state index in [-0.39, 0.29) is 6.61 Å². The third-order valence-corrected chi connectivity index (χ3v) is 2.29. The van der Waals surface area contributed by atoms with E-state index in [1.54, 1.807) is 0 Å². The number of rotatable bonds is 7. The molecular formula is C10H22O2. The Hall–Kier alpha value is -0.0800. The van der Waals surface area contributed by atoms with Crippen LogP contribution in [0, 0.1) is 0 Å². The molecule has 0 amide bonds. The molecule has 0 saturated carbocycles. The van der Waals surface area contributed by atoms with Gasteiger partial charge in [0.1, 0.15) is 0 Å². The molecule has 0 saturated heterocycles. The highest BCUT2D eigenvalue weighted by Gasteiger charge is 2.23. The fourth-order valence-electron chi connectivity index (χ4n) is 1.55. The molecule has 0 aliphatic carbocycles. The average molecular weight is 174 g/mol. The second-order valence-electron chi connectivity index (χ2n) is 3.55. The van der Waals surface area contributed by atoms with E-state index in [1.807, 2.05) is 0 Å². The predicted octanol–water partition coefficient (Wildman–Crippen LogP) is 2.09. The van der Waals surface area contributed by atoms with Crippen LogP contribution in [0.15, 0.2) is 0 Å². The molecule has 0 aromatic heterocycles. The van der Waals surface area contributed by atoms with Gasteiger partial charge in [-0.2, -0.15) is 0 Å². The molecule has 0 aromatic carbocycles. The van der Waals surface area contributed by atoms with Gasteiger partial charge in [0, 0.05) is 6.61 Å². The Morgan fingerprint density at radius 3 is 2.08 bits per heavy atom. The Morgan fingerprint density at radius 2 is 1.67 bits per heavy atom. The van der Waals surface area contributed by atoms with Crippen LogP contribution in [0.25, 0.3) is 0 Å². The van der Waals surface area contributed by atoms with Gasteiger partial charge in [0.05, 0.1) is 5.60 Å². The second-order valence-corrected chi connectivity index (χ2v) is 3.55. The fourth-order valence-corrected chi connectivity index (χ4v) is 1.55. The van der Waals surface area contributed by atoms with Gasteiger partial charge in [-0.3, -0.25) is 0 Å². The first-order valence-corrected chi connectivity index (χ1v) is 5.01. The van der Waals surface area contributed by atoms with E-state index in [1.165, 1.54) is 0 Å². The summed E-state index contributed by atoms with van der Waals surface area (Å²) in [5.41, 5.74) is -0.598. The van der Waals surface area contributed by atoms with Crippen molar-refractivity contribution in [2.24, 2.45) is 0 Å². The van der Waals surface area contributed by atoms with E-state index in [0.29, 0.717) is 6.42 Å². The van der Waals surface area contributed by atoms with Crippen molar-refractivity contribution in [2.45, 2.75) is 58.0 Å². The Morgan fingerprint density at radius 1 is 1.00 bits per heavy atom. The average Bonchev–Trinajstić information content (AvgIpc) is 2.02. The Bertz CT molecular complexity index is 96.0. The number of hydrogen-bond acceptors (Lipinski definition) is 2. The summed E-state index contributed by atoms with van der Waals surface area (Å²) in [5.74, 6) is 0. The molecule has 0 rings (SSSR count). The summed E-state index contributed by atoms with van der Waals surface area (Å²) in [6.07, 6.45) is 5.32. The maximum atomic E-state index is 9.98. The van der Waals surface area contributed by atoms with E-state index >= 15 is 0 Å². The van der Waals surface area contributed by atoms with E-state index in [2.05, 4.69) is 13.8 Å². The number of aliphatic hydroxyl groups excluding tert-OH is 1. The number of hydrogen-bond donors (Lipinski definition) is 2. The molecule has 0 aliphatic rings. The summed E-state index contributed by atoms with van der Waals surface area (Å²) in [6.45, 7) is 4.28. The zero-order valence-corrected chi connectivity index (χ0v) is 8.34. The minimum atomic E-state index is -0.598. The second kappa shape index (κ2) is 6.44. The molecule has 1 atom stereocenters. The van der Waals surface area contributed by atoms with Crippen molar-refractivity contribution in [3.05, 3.63) is 0 Å². The molecule has 2 nitrogen and oxygen atoms in total. The first-order valence-electron chi connectivity index (χ1n) is 5.01. The van der Waals surface area contributed by atoms with E-state index in [4.69, 9.17) is 5.11 Å². The van der Waals surface area contributed by atoms with Gasteiger partial charge < -0.3 is 10.2 Å². The van der Waals surface area contributed by atoms with E-state index in [9.17, 15) is 5.11 Å². The third kappa shape index (κ3) is 4.73. The summed E-state index contributed by atoms with van der Waals surface area (Å²) in [5, 5.41) is 18.8. The lowest BCUT2D eigenvalue weighted by Gasteiger charge is -2.26. The van der Waals surface area contributed by atoms with Crippen molar-refractivity contribution < 1.29 is 10.2 Å². The van der Waals surface area contributed by atoms with Crippen LogP contribution in [0.2, 0.25) is 0 Å². The lowest BCUT2D eigenvalue weighted by Crippen LogP contribution is -2.29. The van der Waals surface area contributed by atoms with E-state index < -0.39 is 5.60 Å². The minimum Gasteiger partial charge on any atom is -0.396 e. The smallest absolute Gasteiger partial charge is 0.0669 e. The van der Waals surface area contributed by atoms with Gasteiger partial charge in [-0.1, -0.05) is 33.1 Å². The Balaban J connectivity index is 3.80. The van der Waals surface area contributed by atoms with Gasteiger partial charge in [0.25, 0.3) is 0 Å². The standard InChI is InChI=1S/C10H22O2/c1-3-5-7-10(12,6-4-2)8-9-11/h11-12H,3-9H2,1-2H3. The Kier molecular flexibility index (Phi) is 6.39. The van der Waals surface area contributed by atoms with Crippen LogP contribution < -0.4 is 0 Å². The SMILES string of the molecule is CCCCC(O)(CCC)CCO. The number of unbranched alkanes of at least 4 members (excludes halogenated alkanes) is 1. The molecule has 74 valence electrons. The van der Waals surface area contributed by atoms with Crippen LogP contribution in [-0.4, -0.2) is 22.4 Å². The van der Waals surface area contributed by atoms with Crippen molar-refractivity contribution in [2.75, 3.05) is 6.61 Å². The quantitative estimate of drug-likeness (QED) is 0.620. The van der Waals surface area contributed by atoms with Gasteiger partial charge in [-0.15, -0.1) is 0 Å². The molecule has 0 bridgehead atoms. The summed E-state index contributed by atoms with van der Waals surface area (Å²) in [6, 6.07) is 0. The van der Waals surface area contributed by atoms with Crippen molar-refractivity contribution in [1.82, 2.24) is 0 Å². The molecule has 0 heterocycles. The van der Waals surface area contributed by atoms with Crippen LogP contribution in [0.1, 0.15) is 52.4 Å². The molecule has 0 aliphatic heterocycles. The zero-order chi connectivity index (χ0) is 9.45. The molecule has 0 aromatic rings. The van der Waals surface area contributed by atoms with E-state index in [0.717, 1.165) is 32.1 Å². The molecule has 2 heteroatoms. The van der Waals surface area contributed by atoms with Crippen LogP contribution >= 0.6 is 0 Å².